The van der Waals surface area contributed by atoms with Gasteiger partial charge in [-0.05, 0) is 46.5 Å². The number of aryl methyl sites for hydroxylation is 3. The first kappa shape index (κ1) is 16.7. The molecule has 0 spiro atoms. The number of piperidine rings is 1. The van der Waals surface area contributed by atoms with Crippen LogP contribution >= 0.6 is 0 Å². The van der Waals surface area contributed by atoms with Gasteiger partial charge in [0.05, 0.1) is 11.7 Å². The van der Waals surface area contributed by atoms with Crippen LogP contribution in [0.2, 0.25) is 0 Å². The highest BCUT2D eigenvalue weighted by Gasteiger charge is 2.31. The van der Waals surface area contributed by atoms with Crippen molar-refractivity contribution in [1.82, 2.24) is 24.8 Å². The summed E-state index contributed by atoms with van der Waals surface area (Å²) in [4.78, 5) is 14.8. The lowest BCUT2D eigenvalue weighted by Gasteiger charge is -2.35. The second-order valence-electron chi connectivity index (χ2n) is 6.38. The predicted octanol–water partition coefficient (Wildman–Crippen LogP) is 2.59. The van der Waals surface area contributed by atoms with Crippen molar-refractivity contribution in [3.63, 3.8) is 0 Å². The Morgan fingerprint density at radius 3 is 2.92 bits per heavy atom. The van der Waals surface area contributed by atoms with E-state index in [0.717, 1.165) is 55.2 Å². The van der Waals surface area contributed by atoms with Gasteiger partial charge in [0.2, 0.25) is 5.91 Å². The Morgan fingerprint density at radius 1 is 1.38 bits per heavy atom. The third-order valence-electron chi connectivity index (χ3n) is 4.88. The standard InChI is InChI=1S/C17H25N5O2/c1-4-21-11-18-19-17(21)15-7-5-6-10-22(15)16(23)9-8-14-12(2)20-24-13(14)3/h11,15H,4-10H2,1-3H3/t15-/m0/s1. The van der Waals surface area contributed by atoms with E-state index in [4.69, 9.17) is 4.52 Å². The number of likely N-dealkylation sites (tertiary alicyclic amines) is 1. The molecule has 7 heteroatoms. The number of carbonyl (C=O) groups is 1. The van der Waals surface area contributed by atoms with Crippen LogP contribution in [0.3, 0.4) is 0 Å². The van der Waals surface area contributed by atoms with Crippen molar-refractivity contribution in [2.45, 2.75) is 65.5 Å². The molecule has 1 aliphatic rings. The summed E-state index contributed by atoms with van der Waals surface area (Å²) in [5, 5.41) is 12.3. The van der Waals surface area contributed by atoms with Crippen LogP contribution in [0, 0.1) is 13.8 Å². The van der Waals surface area contributed by atoms with E-state index in [1.165, 1.54) is 0 Å². The number of nitrogens with zero attached hydrogens (tertiary/aromatic N) is 5. The van der Waals surface area contributed by atoms with Gasteiger partial charge in [-0.2, -0.15) is 0 Å². The molecule has 2 aromatic heterocycles. The highest BCUT2D eigenvalue weighted by atomic mass is 16.5. The Labute approximate surface area is 142 Å². The van der Waals surface area contributed by atoms with E-state index < -0.39 is 0 Å². The fraction of sp³-hybridized carbons (Fsp3) is 0.647. The van der Waals surface area contributed by atoms with E-state index in [1.54, 1.807) is 6.33 Å². The lowest BCUT2D eigenvalue weighted by molar-refractivity contribution is -0.135. The average Bonchev–Trinajstić information content (AvgIpc) is 3.19. The molecule has 0 N–H and O–H groups in total. The van der Waals surface area contributed by atoms with Crippen LogP contribution in [0.4, 0.5) is 0 Å². The Hall–Kier alpha value is -2.18. The van der Waals surface area contributed by atoms with Crippen LogP contribution in [0.15, 0.2) is 10.9 Å². The Bertz CT molecular complexity index is 686. The van der Waals surface area contributed by atoms with Crippen LogP contribution in [-0.4, -0.2) is 37.3 Å². The third-order valence-corrected chi connectivity index (χ3v) is 4.88. The summed E-state index contributed by atoms with van der Waals surface area (Å²) in [5.41, 5.74) is 1.93. The van der Waals surface area contributed by atoms with Gasteiger partial charge in [-0.1, -0.05) is 5.16 Å². The van der Waals surface area contributed by atoms with E-state index in [-0.39, 0.29) is 11.9 Å². The third kappa shape index (κ3) is 3.20. The van der Waals surface area contributed by atoms with Gasteiger partial charge in [0, 0.05) is 25.1 Å². The van der Waals surface area contributed by atoms with Crippen molar-refractivity contribution in [1.29, 1.82) is 0 Å². The molecule has 3 rings (SSSR count). The average molecular weight is 331 g/mol. The highest BCUT2D eigenvalue weighted by molar-refractivity contribution is 5.77. The molecule has 3 heterocycles. The van der Waals surface area contributed by atoms with Gasteiger partial charge in [-0.15, -0.1) is 10.2 Å². The molecule has 0 aliphatic carbocycles. The van der Waals surface area contributed by atoms with Crippen LogP contribution in [0.5, 0.6) is 0 Å². The molecule has 0 unspecified atom stereocenters. The van der Waals surface area contributed by atoms with Crippen molar-refractivity contribution in [3.05, 3.63) is 29.2 Å². The molecule has 0 aromatic carbocycles. The minimum Gasteiger partial charge on any atom is -0.361 e. The van der Waals surface area contributed by atoms with Gasteiger partial charge < -0.3 is 14.0 Å². The zero-order valence-corrected chi connectivity index (χ0v) is 14.7. The summed E-state index contributed by atoms with van der Waals surface area (Å²) in [6.45, 7) is 7.50. The molecule has 1 atom stereocenters. The highest BCUT2D eigenvalue weighted by Crippen LogP contribution is 2.30. The van der Waals surface area contributed by atoms with Crippen LogP contribution in [-0.2, 0) is 17.8 Å². The molecule has 1 aliphatic heterocycles. The Balaban J connectivity index is 1.72. The number of aromatic nitrogens is 4. The van der Waals surface area contributed by atoms with Crippen molar-refractivity contribution >= 4 is 5.91 Å². The second kappa shape index (κ2) is 7.15. The number of amides is 1. The monoisotopic (exact) mass is 331 g/mol. The molecule has 0 saturated carbocycles. The van der Waals surface area contributed by atoms with Crippen molar-refractivity contribution < 1.29 is 9.32 Å². The lowest BCUT2D eigenvalue weighted by Crippen LogP contribution is -2.39. The molecular weight excluding hydrogens is 306 g/mol. The number of hydrogen-bond donors (Lipinski definition) is 0. The molecule has 24 heavy (non-hydrogen) atoms. The summed E-state index contributed by atoms with van der Waals surface area (Å²) in [7, 11) is 0. The normalized spacial score (nSPS) is 18.1. The SMILES string of the molecule is CCn1cnnc1[C@@H]1CCCCN1C(=O)CCc1c(C)noc1C. The fourth-order valence-corrected chi connectivity index (χ4v) is 3.50. The van der Waals surface area contributed by atoms with E-state index >= 15 is 0 Å². The van der Waals surface area contributed by atoms with Crippen molar-refractivity contribution in [2.24, 2.45) is 0 Å². The first-order valence-electron chi connectivity index (χ1n) is 8.70. The van der Waals surface area contributed by atoms with Crippen molar-refractivity contribution in [3.8, 4) is 0 Å². The number of rotatable bonds is 5. The minimum atomic E-state index is 0.0402. The smallest absolute Gasteiger partial charge is 0.223 e. The molecule has 130 valence electrons. The maximum Gasteiger partial charge on any atom is 0.223 e. The molecule has 2 aromatic rings. The van der Waals surface area contributed by atoms with E-state index in [9.17, 15) is 4.79 Å². The lowest BCUT2D eigenvalue weighted by atomic mass is 9.99. The zero-order valence-electron chi connectivity index (χ0n) is 14.7. The fourth-order valence-electron chi connectivity index (χ4n) is 3.50. The molecule has 0 bridgehead atoms. The summed E-state index contributed by atoms with van der Waals surface area (Å²) in [6.07, 6.45) is 6.01. The Kier molecular flexibility index (Phi) is 4.97. The molecule has 1 amide bonds. The summed E-state index contributed by atoms with van der Waals surface area (Å²) >= 11 is 0. The largest absolute Gasteiger partial charge is 0.361 e. The van der Waals surface area contributed by atoms with Crippen LogP contribution < -0.4 is 0 Å². The first-order valence-corrected chi connectivity index (χ1v) is 8.70. The molecule has 1 fully saturated rings. The minimum absolute atomic E-state index is 0.0402. The van der Waals surface area contributed by atoms with Gasteiger partial charge in [0.15, 0.2) is 5.82 Å². The maximum atomic E-state index is 12.8. The van der Waals surface area contributed by atoms with Gasteiger partial charge in [0.25, 0.3) is 0 Å². The van der Waals surface area contributed by atoms with E-state index in [1.807, 2.05) is 23.3 Å². The maximum absolute atomic E-state index is 12.8. The predicted molar refractivity (Wildman–Crippen MR) is 88.3 cm³/mol. The van der Waals surface area contributed by atoms with Gasteiger partial charge in [0.1, 0.15) is 12.1 Å². The molecular formula is C17H25N5O2. The summed E-state index contributed by atoms with van der Waals surface area (Å²) < 4.78 is 7.22. The summed E-state index contributed by atoms with van der Waals surface area (Å²) in [5.74, 6) is 1.88. The zero-order chi connectivity index (χ0) is 17.1. The number of carbonyl (C=O) groups excluding carboxylic acids is 1. The summed E-state index contributed by atoms with van der Waals surface area (Å²) in [6, 6.07) is 0.0402. The van der Waals surface area contributed by atoms with E-state index in [0.29, 0.717) is 12.8 Å². The topological polar surface area (TPSA) is 77.1 Å². The second-order valence-corrected chi connectivity index (χ2v) is 6.38. The number of hydrogen-bond acceptors (Lipinski definition) is 5. The molecule has 7 nitrogen and oxygen atoms in total. The first-order chi connectivity index (χ1) is 11.6. The van der Waals surface area contributed by atoms with Crippen LogP contribution in [0.1, 0.15) is 61.5 Å². The van der Waals surface area contributed by atoms with Gasteiger partial charge >= 0.3 is 0 Å². The molecule has 0 radical (unpaired) electrons. The van der Waals surface area contributed by atoms with Gasteiger partial charge in [-0.3, -0.25) is 4.79 Å². The molecule has 1 saturated heterocycles. The van der Waals surface area contributed by atoms with Gasteiger partial charge in [-0.25, -0.2) is 0 Å². The van der Waals surface area contributed by atoms with Crippen molar-refractivity contribution in [2.75, 3.05) is 6.54 Å². The Morgan fingerprint density at radius 2 is 2.21 bits per heavy atom. The quantitative estimate of drug-likeness (QED) is 0.841. The van der Waals surface area contributed by atoms with Crippen LogP contribution in [0.25, 0.3) is 0 Å². The van der Waals surface area contributed by atoms with E-state index in [2.05, 4.69) is 22.3 Å².